The number of hydrogen-bond acceptors (Lipinski definition) is 3. The summed E-state index contributed by atoms with van der Waals surface area (Å²) in [5.74, 6) is 0. The molecule has 0 aliphatic carbocycles. The summed E-state index contributed by atoms with van der Waals surface area (Å²) in [6.45, 7) is 2.46. The quantitative estimate of drug-likeness (QED) is 0.397. The van der Waals surface area contributed by atoms with E-state index in [0.29, 0.717) is 18.3 Å². The zero-order chi connectivity index (χ0) is 10.1. The highest BCUT2D eigenvalue weighted by Gasteiger charge is 1.96. The van der Waals surface area contributed by atoms with Crippen LogP contribution in [0.5, 0.6) is 0 Å². The van der Waals surface area contributed by atoms with E-state index in [1.54, 1.807) is 0 Å². The number of hydrogen-bond donors (Lipinski definition) is 3. The highest BCUT2D eigenvalue weighted by molar-refractivity contribution is 5.82. The Morgan fingerprint density at radius 2 is 1.85 bits per heavy atom. The van der Waals surface area contributed by atoms with Crippen LogP contribution in [0.4, 0.5) is 0 Å². The van der Waals surface area contributed by atoms with Crippen molar-refractivity contribution in [2.24, 2.45) is 11.5 Å². The fraction of sp³-hybridized carbons (Fsp3) is 0.900. The van der Waals surface area contributed by atoms with Gasteiger partial charge in [0.15, 0.2) is 0 Å². The number of nitrogens with two attached hydrogens (primary N) is 2. The van der Waals surface area contributed by atoms with Gasteiger partial charge in [-0.1, -0.05) is 19.3 Å². The number of unbranched alkanes of at least 4 members (excludes halogenated alkanes) is 3. The van der Waals surface area contributed by atoms with Crippen molar-refractivity contribution in [1.82, 2.24) is 0 Å². The molecule has 0 fully saturated rings. The summed E-state index contributed by atoms with van der Waals surface area (Å²) < 4.78 is 0. The Bertz CT molecular complexity index is 132. The topological polar surface area (TPSA) is 75.9 Å². The first-order valence-electron chi connectivity index (χ1n) is 5.18. The van der Waals surface area contributed by atoms with E-state index in [2.05, 4.69) is 0 Å². The molecule has 0 bridgehead atoms. The summed E-state index contributed by atoms with van der Waals surface area (Å²) >= 11 is 0. The first kappa shape index (κ1) is 12.6. The molecule has 0 amide bonds. The van der Waals surface area contributed by atoms with Crippen molar-refractivity contribution in [3.8, 4) is 0 Å². The molecule has 0 aliphatic rings. The van der Waals surface area contributed by atoms with Gasteiger partial charge in [0, 0.05) is 18.3 Å². The summed E-state index contributed by atoms with van der Waals surface area (Å²) in [6.07, 6.45) is 6.75. The van der Waals surface area contributed by atoms with Crippen molar-refractivity contribution in [2.45, 2.75) is 51.5 Å². The highest BCUT2D eigenvalue weighted by Crippen LogP contribution is 2.06. The minimum atomic E-state index is 0.336. The fourth-order valence-corrected chi connectivity index (χ4v) is 1.26. The van der Waals surface area contributed by atoms with Crippen LogP contribution in [0.2, 0.25) is 0 Å². The standard InChI is InChI=1S/C10H23N3/c1-9(12)6-4-2-3-5-7-10(13)8-11/h9,13H,2-8,11-12H2,1H3. The molecule has 0 aromatic carbocycles. The normalized spacial score (nSPS) is 12.8. The second kappa shape index (κ2) is 8.20. The first-order chi connectivity index (χ1) is 6.16. The maximum atomic E-state index is 7.34. The minimum absolute atomic E-state index is 0.336. The fourth-order valence-electron chi connectivity index (χ4n) is 1.26. The molecule has 0 heterocycles. The highest BCUT2D eigenvalue weighted by atomic mass is 14.6. The molecule has 1 unspecified atom stereocenters. The van der Waals surface area contributed by atoms with Crippen molar-refractivity contribution in [3.05, 3.63) is 0 Å². The van der Waals surface area contributed by atoms with Gasteiger partial charge in [0.05, 0.1) is 0 Å². The van der Waals surface area contributed by atoms with Crippen molar-refractivity contribution < 1.29 is 0 Å². The molecule has 13 heavy (non-hydrogen) atoms. The van der Waals surface area contributed by atoms with Gasteiger partial charge < -0.3 is 16.9 Å². The SMILES string of the molecule is CC(N)CCCCCCC(=N)CN. The molecule has 0 rings (SSSR count). The average molecular weight is 185 g/mol. The third-order valence-electron chi connectivity index (χ3n) is 2.13. The van der Waals surface area contributed by atoms with Gasteiger partial charge in [0.1, 0.15) is 0 Å². The second-order valence-corrected chi connectivity index (χ2v) is 3.74. The molecule has 0 aromatic heterocycles. The number of nitrogens with one attached hydrogen (secondary N) is 1. The molecule has 0 radical (unpaired) electrons. The van der Waals surface area contributed by atoms with E-state index in [1.165, 1.54) is 19.3 Å². The Labute approximate surface area is 81.4 Å². The van der Waals surface area contributed by atoms with E-state index in [-0.39, 0.29) is 0 Å². The monoisotopic (exact) mass is 185 g/mol. The van der Waals surface area contributed by atoms with Crippen LogP contribution in [0.25, 0.3) is 0 Å². The third-order valence-corrected chi connectivity index (χ3v) is 2.13. The van der Waals surface area contributed by atoms with Gasteiger partial charge in [0.25, 0.3) is 0 Å². The predicted octanol–water partition coefficient (Wildman–Crippen LogP) is 1.65. The molecule has 0 spiro atoms. The van der Waals surface area contributed by atoms with Gasteiger partial charge in [0.2, 0.25) is 0 Å². The molecular formula is C10H23N3. The maximum absolute atomic E-state index is 7.34. The van der Waals surface area contributed by atoms with E-state index in [1.807, 2.05) is 6.92 Å². The van der Waals surface area contributed by atoms with Gasteiger partial charge in [-0.2, -0.15) is 0 Å². The summed E-state index contributed by atoms with van der Waals surface area (Å²) in [4.78, 5) is 0. The summed E-state index contributed by atoms with van der Waals surface area (Å²) in [5.41, 5.74) is 11.6. The average Bonchev–Trinajstić information content (AvgIpc) is 2.10. The van der Waals surface area contributed by atoms with E-state index in [0.717, 1.165) is 19.3 Å². The second-order valence-electron chi connectivity index (χ2n) is 3.74. The first-order valence-corrected chi connectivity index (χ1v) is 5.18. The molecule has 3 nitrogen and oxygen atoms in total. The van der Waals surface area contributed by atoms with Crippen LogP contribution in [-0.2, 0) is 0 Å². The predicted molar refractivity (Wildman–Crippen MR) is 58.1 cm³/mol. The van der Waals surface area contributed by atoms with Crippen LogP contribution in [0.3, 0.4) is 0 Å². The number of rotatable bonds is 8. The van der Waals surface area contributed by atoms with E-state index in [4.69, 9.17) is 16.9 Å². The lowest BCUT2D eigenvalue weighted by Crippen LogP contribution is -2.14. The van der Waals surface area contributed by atoms with E-state index >= 15 is 0 Å². The Kier molecular flexibility index (Phi) is 7.94. The van der Waals surface area contributed by atoms with Crippen LogP contribution in [0.15, 0.2) is 0 Å². The zero-order valence-electron chi connectivity index (χ0n) is 8.68. The summed E-state index contributed by atoms with van der Waals surface area (Å²) in [5, 5.41) is 7.34. The molecule has 0 saturated heterocycles. The molecule has 1 atom stereocenters. The summed E-state index contributed by atoms with van der Waals surface area (Å²) in [6, 6.07) is 0.336. The van der Waals surface area contributed by atoms with Gasteiger partial charge in [-0.3, -0.25) is 0 Å². The van der Waals surface area contributed by atoms with Crippen molar-refractivity contribution >= 4 is 5.71 Å². The lowest BCUT2D eigenvalue weighted by Gasteiger charge is -2.04. The molecule has 5 N–H and O–H groups in total. The van der Waals surface area contributed by atoms with Gasteiger partial charge >= 0.3 is 0 Å². The lowest BCUT2D eigenvalue weighted by molar-refractivity contribution is 0.570. The molecule has 0 saturated carbocycles. The van der Waals surface area contributed by atoms with Gasteiger partial charge in [-0.25, -0.2) is 0 Å². The zero-order valence-corrected chi connectivity index (χ0v) is 8.68. The van der Waals surface area contributed by atoms with E-state index in [9.17, 15) is 0 Å². The van der Waals surface area contributed by atoms with Crippen LogP contribution in [0.1, 0.15) is 45.4 Å². The van der Waals surface area contributed by atoms with Crippen LogP contribution >= 0.6 is 0 Å². The minimum Gasteiger partial charge on any atom is -0.328 e. The molecular weight excluding hydrogens is 162 g/mol. The van der Waals surface area contributed by atoms with E-state index < -0.39 is 0 Å². The third kappa shape index (κ3) is 9.50. The largest absolute Gasteiger partial charge is 0.328 e. The smallest absolute Gasteiger partial charge is 0.0307 e. The van der Waals surface area contributed by atoms with Gasteiger partial charge in [-0.05, 0) is 26.2 Å². The lowest BCUT2D eigenvalue weighted by atomic mass is 10.1. The molecule has 3 heteroatoms. The van der Waals surface area contributed by atoms with Crippen molar-refractivity contribution in [2.75, 3.05) is 6.54 Å². The summed E-state index contributed by atoms with van der Waals surface area (Å²) in [7, 11) is 0. The maximum Gasteiger partial charge on any atom is 0.0307 e. The van der Waals surface area contributed by atoms with Crippen LogP contribution < -0.4 is 11.5 Å². The van der Waals surface area contributed by atoms with Crippen LogP contribution in [0, 0.1) is 5.41 Å². The molecule has 0 aliphatic heterocycles. The Morgan fingerprint density at radius 1 is 1.23 bits per heavy atom. The molecule has 0 aromatic rings. The Morgan fingerprint density at radius 3 is 2.38 bits per heavy atom. The van der Waals surface area contributed by atoms with Crippen LogP contribution in [-0.4, -0.2) is 18.3 Å². The van der Waals surface area contributed by atoms with Crippen molar-refractivity contribution in [3.63, 3.8) is 0 Å². The van der Waals surface area contributed by atoms with Crippen molar-refractivity contribution in [1.29, 1.82) is 5.41 Å². The van der Waals surface area contributed by atoms with Gasteiger partial charge in [-0.15, -0.1) is 0 Å². The molecule has 78 valence electrons. The Balaban J connectivity index is 3.04. The Hall–Kier alpha value is -0.410.